The number of aryl methyl sites for hydroxylation is 2. The highest BCUT2D eigenvalue weighted by molar-refractivity contribution is 6.35. The Morgan fingerprint density at radius 1 is 0.794 bits per heavy atom. The van der Waals surface area contributed by atoms with Crippen LogP contribution in [0.2, 0.25) is 0 Å². The Hall–Kier alpha value is -4.93. The van der Waals surface area contributed by atoms with Crippen molar-refractivity contribution in [3.05, 3.63) is 103 Å². The number of rotatable bonds is 5. The van der Waals surface area contributed by atoms with Crippen LogP contribution >= 0.6 is 0 Å². The van der Waals surface area contributed by atoms with Crippen LogP contribution in [-0.4, -0.2) is 27.6 Å². The van der Waals surface area contributed by atoms with Crippen LogP contribution in [-0.2, 0) is 0 Å². The van der Waals surface area contributed by atoms with Crippen LogP contribution in [0.5, 0.6) is 0 Å². The Balaban J connectivity index is 1.62. The lowest BCUT2D eigenvalue weighted by atomic mass is 10.0. The summed E-state index contributed by atoms with van der Waals surface area (Å²) in [5.74, 6) is -1.82. The van der Waals surface area contributed by atoms with E-state index in [0.717, 1.165) is 4.90 Å². The van der Waals surface area contributed by atoms with Crippen LogP contribution in [0.1, 0.15) is 42.2 Å². The summed E-state index contributed by atoms with van der Waals surface area (Å²) in [6.07, 6.45) is 0. The second kappa shape index (κ2) is 8.20. The van der Waals surface area contributed by atoms with Gasteiger partial charge in [0.2, 0.25) is 0 Å². The van der Waals surface area contributed by atoms with Crippen molar-refractivity contribution < 1.29 is 24.2 Å². The fourth-order valence-corrected chi connectivity index (χ4v) is 3.70. The van der Waals surface area contributed by atoms with Crippen molar-refractivity contribution in [2.45, 2.75) is 13.8 Å². The van der Waals surface area contributed by atoms with Crippen LogP contribution in [0, 0.1) is 34.1 Å². The number of amides is 3. The lowest BCUT2D eigenvalue weighted by Crippen LogP contribution is -2.30. The molecule has 0 fully saturated rings. The number of nitrogens with zero attached hydrogens (tertiary/aromatic N) is 3. The number of benzene rings is 3. The molecule has 3 amide bonds. The summed E-state index contributed by atoms with van der Waals surface area (Å²) in [6.45, 7) is 3.16. The molecule has 1 heterocycles. The average Bonchev–Trinajstić information content (AvgIpc) is 3.04. The molecule has 1 N–H and O–H groups in total. The first-order valence-corrected chi connectivity index (χ1v) is 9.92. The molecule has 0 spiro atoms. The van der Waals surface area contributed by atoms with Gasteiger partial charge in [-0.2, -0.15) is 0 Å². The smallest absolute Gasteiger partial charge is 0.269 e. The number of imide groups is 1. The topological polar surface area (TPSA) is 153 Å². The number of hydrogen-bond acceptors (Lipinski definition) is 7. The first-order chi connectivity index (χ1) is 16.1. The number of anilines is 2. The highest BCUT2D eigenvalue weighted by Crippen LogP contribution is 2.33. The van der Waals surface area contributed by atoms with Gasteiger partial charge < -0.3 is 5.32 Å². The van der Waals surface area contributed by atoms with Crippen LogP contribution in [0.15, 0.2) is 54.6 Å². The first kappa shape index (κ1) is 22.3. The zero-order valence-corrected chi connectivity index (χ0v) is 17.9. The molecule has 0 radical (unpaired) electrons. The van der Waals surface area contributed by atoms with E-state index in [4.69, 9.17) is 0 Å². The third-order valence-corrected chi connectivity index (χ3v) is 5.45. The fraction of sp³-hybridized carbons (Fsp3) is 0.0870. The normalized spacial score (nSPS) is 12.5. The summed E-state index contributed by atoms with van der Waals surface area (Å²) in [7, 11) is 0. The molecule has 0 saturated carbocycles. The highest BCUT2D eigenvalue weighted by Gasteiger charge is 2.38. The van der Waals surface area contributed by atoms with Gasteiger partial charge in [-0.25, -0.2) is 4.90 Å². The number of nitrogens with one attached hydrogen (secondary N) is 1. The molecule has 0 aliphatic carbocycles. The molecule has 0 aromatic heterocycles. The van der Waals surface area contributed by atoms with Crippen molar-refractivity contribution >= 4 is 40.5 Å². The molecule has 4 rings (SSSR count). The number of hydrogen-bond donors (Lipinski definition) is 1. The lowest BCUT2D eigenvalue weighted by Gasteiger charge is -2.16. The summed E-state index contributed by atoms with van der Waals surface area (Å²) < 4.78 is 0. The van der Waals surface area contributed by atoms with Gasteiger partial charge in [-0.1, -0.05) is 0 Å². The fourth-order valence-electron chi connectivity index (χ4n) is 3.70. The van der Waals surface area contributed by atoms with E-state index in [1.165, 1.54) is 54.6 Å². The standard InChI is InChI=1S/C23H16N4O7/c1-12-9-15(26(31)32)4-7-19(12)24-21(28)14-3-6-17-18(11-14)23(30)25(22(17)29)20-8-5-16(27(33)34)10-13(20)2/h3-11H,1-2H3,(H,24,28). The van der Waals surface area contributed by atoms with Crippen molar-refractivity contribution in [3.8, 4) is 0 Å². The monoisotopic (exact) mass is 460 g/mol. The van der Waals surface area contributed by atoms with Crippen LogP contribution < -0.4 is 10.2 Å². The average molecular weight is 460 g/mol. The highest BCUT2D eigenvalue weighted by atomic mass is 16.6. The van der Waals surface area contributed by atoms with E-state index in [2.05, 4.69) is 5.32 Å². The summed E-state index contributed by atoms with van der Waals surface area (Å²) >= 11 is 0. The Morgan fingerprint density at radius 2 is 1.38 bits per heavy atom. The van der Waals surface area contributed by atoms with Gasteiger partial charge in [0, 0.05) is 35.5 Å². The maximum absolute atomic E-state index is 13.0. The van der Waals surface area contributed by atoms with Crippen molar-refractivity contribution in [2.24, 2.45) is 0 Å². The summed E-state index contributed by atoms with van der Waals surface area (Å²) in [5.41, 5.74) is 1.38. The molecular weight excluding hydrogens is 444 g/mol. The number of carbonyl (C=O) groups excluding carboxylic acids is 3. The quantitative estimate of drug-likeness (QED) is 0.340. The molecule has 34 heavy (non-hydrogen) atoms. The molecule has 0 unspecified atom stereocenters. The molecule has 11 nitrogen and oxygen atoms in total. The third-order valence-electron chi connectivity index (χ3n) is 5.45. The Kier molecular flexibility index (Phi) is 5.37. The summed E-state index contributed by atoms with van der Waals surface area (Å²) in [6, 6.07) is 11.9. The molecule has 3 aromatic carbocycles. The van der Waals surface area contributed by atoms with Gasteiger partial charge in [-0.05, 0) is 55.3 Å². The molecule has 1 aliphatic heterocycles. The minimum atomic E-state index is -0.655. The summed E-state index contributed by atoms with van der Waals surface area (Å²) in [5, 5.41) is 24.5. The molecule has 0 bridgehead atoms. The first-order valence-electron chi connectivity index (χ1n) is 9.92. The molecule has 11 heteroatoms. The van der Waals surface area contributed by atoms with E-state index in [-0.39, 0.29) is 33.8 Å². The van der Waals surface area contributed by atoms with Crippen molar-refractivity contribution in [1.82, 2.24) is 0 Å². The predicted octanol–water partition coefficient (Wildman–Crippen LogP) is 4.17. The molecule has 0 saturated heterocycles. The second-order valence-electron chi connectivity index (χ2n) is 7.64. The van der Waals surface area contributed by atoms with Crippen LogP contribution in [0.4, 0.5) is 22.7 Å². The molecule has 0 atom stereocenters. The maximum atomic E-state index is 13.0. The zero-order valence-electron chi connectivity index (χ0n) is 17.9. The van der Waals surface area contributed by atoms with E-state index < -0.39 is 27.6 Å². The van der Waals surface area contributed by atoms with Gasteiger partial charge >= 0.3 is 0 Å². The third kappa shape index (κ3) is 3.75. The van der Waals surface area contributed by atoms with Crippen LogP contribution in [0.25, 0.3) is 0 Å². The Labute approximate surface area is 191 Å². The van der Waals surface area contributed by atoms with E-state index in [9.17, 15) is 34.6 Å². The van der Waals surface area contributed by atoms with Gasteiger partial charge in [-0.15, -0.1) is 0 Å². The van der Waals surface area contributed by atoms with Gasteiger partial charge in [0.05, 0.1) is 26.7 Å². The van der Waals surface area contributed by atoms with Gasteiger partial charge in [0.1, 0.15) is 0 Å². The largest absolute Gasteiger partial charge is 0.322 e. The predicted molar refractivity (Wildman–Crippen MR) is 121 cm³/mol. The number of nitro benzene ring substituents is 2. The zero-order chi connectivity index (χ0) is 24.7. The van der Waals surface area contributed by atoms with Gasteiger partial charge in [0.25, 0.3) is 29.1 Å². The van der Waals surface area contributed by atoms with Crippen molar-refractivity contribution in [2.75, 3.05) is 10.2 Å². The van der Waals surface area contributed by atoms with E-state index in [1.54, 1.807) is 13.8 Å². The van der Waals surface area contributed by atoms with E-state index in [1.807, 2.05) is 0 Å². The minimum absolute atomic E-state index is 0.0239. The van der Waals surface area contributed by atoms with Crippen molar-refractivity contribution in [3.63, 3.8) is 0 Å². The number of carbonyl (C=O) groups is 3. The Bertz CT molecular complexity index is 1430. The summed E-state index contributed by atoms with van der Waals surface area (Å²) in [4.78, 5) is 60.4. The second-order valence-corrected chi connectivity index (χ2v) is 7.64. The Morgan fingerprint density at radius 3 is 1.97 bits per heavy atom. The minimum Gasteiger partial charge on any atom is -0.322 e. The van der Waals surface area contributed by atoms with Crippen LogP contribution in [0.3, 0.4) is 0 Å². The molecule has 1 aliphatic rings. The number of nitro groups is 2. The SMILES string of the molecule is Cc1cc([N+](=O)[O-])ccc1NC(=O)c1ccc2c(c1)C(=O)N(c1ccc([N+](=O)[O-])cc1C)C2=O. The molecule has 3 aromatic rings. The number of fused-ring (bicyclic) bond motifs is 1. The molecular formula is C23H16N4O7. The molecule has 170 valence electrons. The maximum Gasteiger partial charge on any atom is 0.269 e. The number of non-ortho nitro benzene ring substituents is 2. The van der Waals surface area contributed by atoms with Gasteiger partial charge in [-0.3, -0.25) is 34.6 Å². The van der Waals surface area contributed by atoms with E-state index >= 15 is 0 Å². The van der Waals surface area contributed by atoms with E-state index in [0.29, 0.717) is 16.8 Å². The van der Waals surface area contributed by atoms with Crippen molar-refractivity contribution in [1.29, 1.82) is 0 Å². The van der Waals surface area contributed by atoms with Gasteiger partial charge in [0.15, 0.2) is 0 Å². The lowest BCUT2D eigenvalue weighted by molar-refractivity contribution is -0.385.